The molecule has 0 bridgehead atoms. The van der Waals surface area contributed by atoms with Gasteiger partial charge in [-0.25, -0.2) is 0 Å². The number of aromatic amines is 1. The van der Waals surface area contributed by atoms with Crippen LogP contribution in [0.5, 0.6) is 0 Å². The van der Waals surface area contributed by atoms with Gasteiger partial charge in [0.1, 0.15) is 5.69 Å². The van der Waals surface area contributed by atoms with Gasteiger partial charge in [-0.3, -0.25) is 4.79 Å². The van der Waals surface area contributed by atoms with E-state index in [0.717, 1.165) is 0 Å². The van der Waals surface area contributed by atoms with E-state index >= 15 is 0 Å². The molecule has 0 saturated carbocycles. The number of rotatable bonds is 2. The number of aromatic nitrogens is 1. The van der Waals surface area contributed by atoms with Crippen molar-refractivity contribution in [1.82, 2.24) is 4.98 Å². The summed E-state index contributed by atoms with van der Waals surface area (Å²) in [5.74, 6) is -0.0758. The molecule has 0 aliphatic carbocycles. The lowest BCUT2D eigenvalue weighted by atomic mass is 10.1. The number of anilines is 1. The predicted octanol–water partition coefficient (Wildman–Crippen LogP) is 1.83. The Balaban J connectivity index is 2.39. The number of carbonyl (C=O) groups is 1. The quantitative estimate of drug-likeness (QED) is 0.703. The van der Waals surface area contributed by atoms with E-state index < -0.39 is 0 Å². The van der Waals surface area contributed by atoms with Crippen LogP contribution in [0.4, 0.5) is 5.69 Å². The molecule has 0 aliphatic rings. The van der Waals surface area contributed by atoms with Crippen molar-refractivity contribution in [2.24, 2.45) is 0 Å². The highest BCUT2D eigenvalue weighted by Gasteiger charge is 2.11. The fourth-order valence-electron chi connectivity index (χ4n) is 1.31. The number of hydrogen-bond donors (Lipinski definition) is 2. The number of hydrogen-bond acceptors (Lipinski definition) is 2. The molecular formula is C11H10N2O. The topological polar surface area (TPSA) is 58.9 Å². The molecule has 2 rings (SSSR count). The van der Waals surface area contributed by atoms with Crippen LogP contribution in [-0.2, 0) is 0 Å². The van der Waals surface area contributed by atoms with E-state index in [-0.39, 0.29) is 5.78 Å². The molecule has 0 unspecified atom stereocenters. The molecular weight excluding hydrogens is 176 g/mol. The first-order valence-corrected chi connectivity index (χ1v) is 4.31. The molecule has 1 aromatic heterocycles. The van der Waals surface area contributed by atoms with Gasteiger partial charge in [-0.15, -0.1) is 0 Å². The van der Waals surface area contributed by atoms with Gasteiger partial charge in [-0.05, 0) is 6.07 Å². The van der Waals surface area contributed by atoms with Crippen molar-refractivity contribution in [2.75, 3.05) is 5.73 Å². The van der Waals surface area contributed by atoms with Gasteiger partial charge in [0.05, 0.1) is 5.69 Å². The highest BCUT2D eigenvalue weighted by atomic mass is 16.1. The normalized spacial score (nSPS) is 10.0. The summed E-state index contributed by atoms with van der Waals surface area (Å²) in [4.78, 5) is 14.6. The second kappa shape index (κ2) is 3.38. The number of nitrogens with one attached hydrogen (secondary N) is 1. The fraction of sp³-hybridized carbons (Fsp3) is 0. The molecule has 0 amide bonds. The molecule has 1 aromatic carbocycles. The van der Waals surface area contributed by atoms with Crippen LogP contribution in [0.25, 0.3) is 0 Å². The molecule has 0 saturated heterocycles. The predicted molar refractivity (Wildman–Crippen MR) is 55.1 cm³/mol. The highest BCUT2D eigenvalue weighted by Crippen LogP contribution is 2.13. The van der Waals surface area contributed by atoms with E-state index in [1.54, 1.807) is 24.4 Å². The second-order valence-electron chi connectivity index (χ2n) is 3.00. The molecule has 0 aliphatic heterocycles. The van der Waals surface area contributed by atoms with Crippen LogP contribution in [0.1, 0.15) is 16.1 Å². The molecule has 14 heavy (non-hydrogen) atoms. The zero-order valence-corrected chi connectivity index (χ0v) is 7.53. The summed E-state index contributed by atoms with van der Waals surface area (Å²) in [5.41, 5.74) is 7.21. The third kappa shape index (κ3) is 1.40. The van der Waals surface area contributed by atoms with Crippen molar-refractivity contribution in [3.8, 4) is 0 Å². The Morgan fingerprint density at radius 1 is 1.14 bits per heavy atom. The van der Waals surface area contributed by atoms with Crippen molar-refractivity contribution >= 4 is 11.5 Å². The molecule has 0 radical (unpaired) electrons. The van der Waals surface area contributed by atoms with Gasteiger partial charge in [-0.2, -0.15) is 0 Å². The number of nitrogens with two attached hydrogens (primary N) is 1. The van der Waals surface area contributed by atoms with Gasteiger partial charge in [-0.1, -0.05) is 30.3 Å². The highest BCUT2D eigenvalue weighted by molar-refractivity contribution is 6.10. The SMILES string of the molecule is Nc1cc[nH]c1C(=O)c1ccccc1. The Kier molecular flexibility index (Phi) is 2.07. The zero-order chi connectivity index (χ0) is 9.97. The molecule has 0 spiro atoms. The van der Waals surface area contributed by atoms with Crippen LogP contribution in [0.2, 0.25) is 0 Å². The van der Waals surface area contributed by atoms with Gasteiger partial charge < -0.3 is 10.7 Å². The zero-order valence-electron chi connectivity index (χ0n) is 7.53. The van der Waals surface area contributed by atoms with Crippen LogP contribution in [-0.4, -0.2) is 10.8 Å². The molecule has 1 heterocycles. The van der Waals surface area contributed by atoms with Gasteiger partial charge in [0.15, 0.2) is 0 Å². The molecule has 70 valence electrons. The maximum absolute atomic E-state index is 11.8. The van der Waals surface area contributed by atoms with Crippen molar-refractivity contribution in [3.05, 3.63) is 53.9 Å². The molecule has 0 atom stereocenters. The molecule has 3 heteroatoms. The summed E-state index contributed by atoms with van der Waals surface area (Å²) in [7, 11) is 0. The first-order valence-electron chi connectivity index (χ1n) is 4.31. The summed E-state index contributed by atoms with van der Waals surface area (Å²) in [5, 5.41) is 0. The van der Waals surface area contributed by atoms with Gasteiger partial charge in [0.25, 0.3) is 0 Å². The maximum Gasteiger partial charge on any atom is 0.211 e. The van der Waals surface area contributed by atoms with E-state index in [1.165, 1.54) is 0 Å². The van der Waals surface area contributed by atoms with Crippen LogP contribution in [0.3, 0.4) is 0 Å². The van der Waals surface area contributed by atoms with Crippen molar-refractivity contribution in [1.29, 1.82) is 0 Å². The van der Waals surface area contributed by atoms with E-state index in [0.29, 0.717) is 16.9 Å². The van der Waals surface area contributed by atoms with Crippen LogP contribution < -0.4 is 5.73 Å². The monoisotopic (exact) mass is 186 g/mol. The Morgan fingerprint density at radius 2 is 1.86 bits per heavy atom. The fourth-order valence-corrected chi connectivity index (χ4v) is 1.31. The van der Waals surface area contributed by atoms with E-state index in [1.807, 2.05) is 18.2 Å². The third-order valence-electron chi connectivity index (χ3n) is 2.04. The summed E-state index contributed by atoms with van der Waals surface area (Å²) in [6, 6.07) is 10.7. The van der Waals surface area contributed by atoms with Crippen LogP contribution >= 0.6 is 0 Å². The molecule has 3 N–H and O–H groups in total. The summed E-state index contributed by atoms with van der Waals surface area (Å²) in [6.07, 6.45) is 1.66. The summed E-state index contributed by atoms with van der Waals surface area (Å²) < 4.78 is 0. The first kappa shape index (κ1) is 8.56. The Labute approximate surface area is 81.6 Å². The largest absolute Gasteiger partial charge is 0.397 e. The average molecular weight is 186 g/mol. The summed E-state index contributed by atoms with van der Waals surface area (Å²) in [6.45, 7) is 0. The van der Waals surface area contributed by atoms with Crippen LogP contribution in [0, 0.1) is 0 Å². The van der Waals surface area contributed by atoms with E-state index in [4.69, 9.17) is 5.73 Å². The summed E-state index contributed by atoms with van der Waals surface area (Å²) >= 11 is 0. The van der Waals surface area contributed by atoms with Crippen molar-refractivity contribution in [3.63, 3.8) is 0 Å². The van der Waals surface area contributed by atoms with Crippen molar-refractivity contribution in [2.45, 2.75) is 0 Å². The van der Waals surface area contributed by atoms with Gasteiger partial charge in [0.2, 0.25) is 5.78 Å². The number of ketones is 1. The Bertz CT molecular complexity index is 445. The smallest absolute Gasteiger partial charge is 0.211 e. The lowest BCUT2D eigenvalue weighted by Gasteiger charge is -1.98. The molecule has 3 nitrogen and oxygen atoms in total. The number of nitrogen functional groups attached to an aromatic ring is 1. The van der Waals surface area contributed by atoms with Crippen LogP contribution in [0.15, 0.2) is 42.6 Å². The molecule has 2 aromatic rings. The number of benzene rings is 1. The van der Waals surface area contributed by atoms with Gasteiger partial charge >= 0.3 is 0 Å². The standard InChI is InChI=1S/C11H10N2O/c12-9-6-7-13-10(9)11(14)8-4-2-1-3-5-8/h1-7,13H,12H2. The Hall–Kier alpha value is -2.03. The van der Waals surface area contributed by atoms with Crippen molar-refractivity contribution < 1.29 is 4.79 Å². The minimum Gasteiger partial charge on any atom is -0.397 e. The third-order valence-corrected chi connectivity index (χ3v) is 2.04. The lowest BCUT2D eigenvalue weighted by Crippen LogP contribution is -2.04. The lowest BCUT2D eigenvalue weighted by molar-refractivity contribution is 0.103. The maximum atomic E-state index is 11.8. The number of carbonyl (C=O) groups excluding carboxylic acids is 1. The molecule has 0 fully saturated rings. The average Bonchev–Trinajstić information content (AvgIpc) is 2.65. The second-order valence-corrected chi connectivity index (χ2v) is 3.00. The number of H-pyrrole nitrogens is 1. The minimum atomic E-state index is -0.0758. The van der Waals surface area contributed by atoms with E-state index in [2.05, 4.69) is 4.98 Å². The first-order chi connectivity index (χ1) is 6.79. The Morgan fingerprint density at radius 3 is 2.43 bits per heavy atom. The minimum absolute atomic E-state index is 0.0758. The van der Waals surface area contributed by atoms with Gasteiger partial charge in [0, 0.05) is 11.8 Å². The van der Waals surface area contributed by atoms with E-state index in [9.17, 15) is 4.79 Å².